The SMILES string of the molecule is CC1CNCCC1NC(=O)COc1ccc(F)cc1F.Cl. The Labute approximate surface area is 128 Å². The number of piperidine rings is 1. The molecule has 0 bridgehead atoms. The van der Waals surface area contributed by atoms with Gasteiger partial charge in [-0.05, 0) is 37.6 Å². The van der Waals surface area contributed by atoms with Crippen LogP contribution in [0.2, 0.25) is 0 Å². The average molecular weight is 321 g/mol. The summed E-state index contributed by atoms with van der Waals surface area (Å²) in [4.78, 5) is 11.8. The van der Waals surface area contributed by atoms with Crippen LogP contribution in [0, 0.1) is 17.6 Å². The molecule has 1 fully saturated rings. The molecule has 1 aromatic carbocycles. The second kappa shape index (κ2) is 8.14. The van der Waals surface area contributed by atoms with E-state index < -0.39 is 11.6 Å². The predicted octanol–water partition coefficient (Wildman–Crippen LogP) is 1.88. The molecule has 0 radical (unpaired) electrons. The lowest BCUT2D eigenvalue weighted by Crippen LogP contribution is -2.49. The van der Waals surface area contributed by atoms with Gasteiger partial charge >= 0.3 is 0 Å². The van der Waals surface area contributed by atoms with Gasteiger partial charge in [0, 0.05) is 12.1 Å². The van der Waals surface area contributed by atoms with Gasteiger partial charge in [0.15, 0.2) is 18.2 Å². The molecule has 2 atom stereocenters. The Hall–Kier alpha value is -1.40. The molecule has 1 heterocycles. The zero-order chi connectivity index (χ0) is 14.5. The fourth-order valence-corrected chi connectivity index (χ4v) is 2.21. The lowest BCUT2D eigenvalue weighted by Gasteiger charge is -2.30. The summed E-state index contributed by atoms with van der Waals surface area (Å²) in [6.45, 7) is 3.50. The second-order valence-corrected chi connectivity index (χ2v) is 5.01. The van der Waals surface area contributed by atoms with Gasteiger partial charge in [-0.1, -0.05) is 6.92 Å². The van der Waals surface area contributed by atoms with Gasteiger partial charge in [0.25, 0.3) is 5.91 Å². The first kappa shape index (κ1) is 17.7. The third-order valence-corrected chi connectivity index (χ3v) is 3.38. The number of benzene rings is 1. The van der Waals surface area contributed by atoms with Crippen molar-refractivity contribution >= 4 is 18.3 Å². The van der Waals surface area contributed by atoms with Gasteiger partial charge in [-0.25, -0.2) is 8.78 Å². The van der Waals surface area contributed by atoms with E-state index in [4.69, 9.17) is 4.74 Å². The first-order valence-corrected chi connectivity index (χ1v) is 6.64. The van der Waals surface area contributed by atoms with Crippen LogP contribution in [0.1, 0.15) is 13.3 Å². The highest BCUT2D eigenvalue weighted by Crippen LogP contribution is 2.17. The van der Waals surface area contributed by atoms with E-state index in [0.29, 0.717) is 5.92 Å². The number of halogens is 3. The third kappa shape index (κ3) is 5.13. The summed E-state index contributed by atoms with van der Waals surface area (Å²) < 4.78 is 31.1. The summed E-state index contributed by atoms with van der Waals surface area (Å²) in [5, 5.41) is 6.11. The van der Waals surface area contributed by atoms with Crippen LogP contribution >= 0.6 is 12.4 Å². The van der Waals surface area contributed by atoms with E-state index in [2.05, 4.69) is 17.6 Å². The third-order valence-electron chi connectivity index (χ3n) is 3.38. The Balaban J connectivity index is 0.00000220. The lowest BCUT2D eigenvalue weighted by atomic mass is 9.95. The normalized spacial score (nSPS) is 21.3. The molecule has 118 valence electrons. The maximum absolute atomic E-state index is 13.3. The largest absolute Gasteiger partial charge is 0.481 e. The zero-order valence-corrected chi connectivity index (χ0v) is 12.5. The fourth-order valence-electron chi connectivity index (χ4n) is 2.21. The Kier molecular flexibility index (Phi) is 6.84. The van der Waals surface area contributed by atoms with Crippen molar-refractivity contribution in [3.05, 3.63) is 29.8 Å². The predicted molar refractivity (Wildman–Crippen MR) is 77.7 cm³/mol. The molecular formula is C14H19ClF2N2O2. The first-order chi connectivity index (χ1) is 9.56. The Morgan fingerprint density at radius 2 is 2.24 bits per heavy atom. The van der Waals surface area contributed by atoms with Crippen LogP contribution in [-0.2, 0) is 4.79 Å². The van der Waals surface area contributed by atoms with E-state index in [-0.39, 0.29) is 36.7 Å². The standard InChI is InChI=1S/C14H18F2N2O2.ClH/c1-9-7-17-5-4-12(9)18-14(19)8-20-13-3-2-10(15)6-11(13)16;/h2-3,6,9,12,17H,4-5,7-8H2,1H3,(H,18,19);1H. The van der Waals surface area contributed by atoms with E-state index in [1.165, 1.54) is 6.07 Å². The highest BCUT2D eigenvalue weighted by molar-refractivity contribution is 5.85. The Bertz CT molecular complexity index is 488. The van der Waals surface area contributed by atoms with Gasteiger partial charge in [0.05, 0.1) is 0 Å². The van der Waals surface area contributed by atoms with Gasteiger partial charge in [-0.15, -0.1) is 12.4 Å². The molecular weight excluding hydrogens is 302 g/mol. The van der Waals surface area contributed by atoms with Crippen molar-refractivity contribution in [1.29, 1.82) is 0 Å². The van der Waals surface area contributed by atoms with Crippen LogP contribution in [0.4, 0.5) is 8.78 Å². The first-order valence-electron chi connectivity index (χ1n) is 6.64. The molecule has 1 aliphatic heterocycles. The quantitative estimate of drug-likeness (QED) is 0.890. The number of carbonyl (C=O) groups excluding carboxylic acids is 1. The van der Waals surface area contributed by atoms with Crippen molar-refractivity contribution in [2.75, 3.05) is 19.7 Å². The molecule has 1 saturated heterocycles. The van der Waals surface area contributed by atoms with E-state index >= 15 is 0 Å². The van der Waals surface area contributed by atoms with Crippen LogP contribution in [0.5, 0.6) is 5.75 Å². The molecule has 2 rings (SSSR count). The Morgan fingerprint density at radius 3 is 2.90 bits per heavy atom. The highest BCUT2D eigenvalue weighted by Gasteiger charge is 2.22. The summed E-state index contributed by atoms with van der Waals surface area (Å²) in [5.41, 5.74) is 0. The number of ether oxygens (including phenoxy) is 1. The lowest BCUT2D eigenvalue weighted by molar-refractivity contribution is -0.124. The molecule has 1 aliphatic rings. The van der Waals surface area contributed by atoms with Crippen molar-refractivity contribution in [3.8, 4) is 5.75 Å². The molecule has 4 nitrogen and oxygen atoms in total. The van der Waals surface area contributed by atoms with Crippen LogP contribution in [0.15, 0.2) is 18.2 Å². The second-order valence-electron chi connectivity index (χ2n) is 5.01. The Morgan fingerprint density at radius 1 is 1.48 bits per heavy atom. The molecule has 1 aromatic rings. The maximum Gasteiger partial charge on any atom is 0.258 e. The summed E-state index contributed by atoms with van der Waals surface area (Å²) >= 11 is 0. The van der Waals surface area contributed by atoms with Crippen LogP contribution in [0.25, 0.3) is 0 Å². The van der Waals surface area contributed by atoms with Gasteiger partial charge in [0.2, 0.25) is 0 Å². The van der Waals surface area contributed by atoms with Crippen molar-refractivity contribution in [3.63, 3.8) is 0 Å². The molecule has 0 saturated carbocycles. The van der Waals surface area contributed by atoms with Gasteiger partial charge in [-0.2, -0.15) is 0 Å². The van der Waals surface area contributed by atoms with Gasteiger partial charge in [-0.3, -0.25) is 4.79 Å². The molecule has 21 heavy (non-hydrogen) atoms. The van der Waals surface area contributed by atoms with Crippen molar-refractivity contribution in [2.24, 2.45) is 5.92 Å². The van der Waals surface area contributed by atoms with E-state index in [0.717, 1.165) is 31.6 Å². The minimum absolute atomic E-state index is 0. The number of hydrogen-bond donors (Lipinski definition) is 2. The van der Waals surface area contributed by atoms with Crippen LogP contribution in [0.3, 0.4) is 0 Å². The minimum atomic E-state index is -0.812. The summed E-state index contributed by atoms with van der Waals surface area (Å²) in [5.74, 6) is -1.57. The van der Waals surface area contributed by atoms with Gasteiger partial charge in [0.1, 0.15) is 5.82 Å². The number of hydrogen-bond acceptors (Lipinski definition) is 3. The number of amides is 1. The summed E-state index contributed by atoms with van der Waals surface area (Å²) in [6, 6.07) is 3.09. The van der Waals surface area contributed by atoms with Gasteiger partial charge < -0.3 is 15.4 Å². The summed E-state index contributed by atoms with van der Waals surface area (Å²) in [6.07, 6.45) is 0.859. The molecule has 7 heteroatoms. The van der Waals surface area contributed by atoms with Crippen LogP contribution in [-0.4, -0.2) is 31.6 Å². The molecule has 0 spiro atoms. The monoisotopic (exact) mass is 320 g/mol. The molecule has 2 unspecified atom stereocenters. The molecule has 0 aromatic heterocycles. The molecule has 2 N–H and O–H groups in total. The molecule has 0 aliphatic carbocycles. The highest BCUT2D eigenvalue weighted by atomic mass is 35.5. The fraction of sp³-hybridized carbons (Fsp3) is 0.500. The van der Waals surface area contributed by atoms with E-state index in [9.17, 15) is 13.6 Å². The average Bonchev–Trinajstić information content (AvgIpc) is 2.40. The van der Waals surface area contributed by atoms with E-state index in [1.54, 1.807) is 0 Å². The van der Waals surface area contributed by atoms with Crippen molar-refractivity contribution in [2.45, 2.75) is 19.4 Å². The van der Waals surface area contributed by atoms with Crippen molar-refractivity contribution < 1.29 is 18.3 Å². The zero-order valence-electron chi connectivity index (χ0n) is 11.7. The number of carbonyl (C=O) groups is 1. The maximum atomic E-state index is 13.3. The topological polar surface area (TPSA) is 50.4 Å². The summed E-state index contributed by atoms with van der Waals surface area (Å²) in [7, 11) is 0. The number of rotatable bonds is 4. The van der Waals surface area contributed by atoms with Crippen LogP contribution < -0.4 is 15.4 Å². The smallest absolute Gasteiger partial charge is 0.258 e. The van der Waals surface area contributed by atoms with E-state index in [1.807, 2.05) is 0 Å². The molecule has 1 amide bonds. The number of nitrogens with one attached hydrogen (secondary N) is 2. The van der Waals surface area contributed by atoms with Crippen molar-refractivity contribution in [1.82, 2.24) is 10.6 Å². The minimum Gasteiger partial charge on any atom is -0.481 e.